The first-order valence-corrected chi connectivity index (χ1v) is 15.4. The standard InChI is InChI=1S/C29H27F3N4O3S2/c1-17(37)34-25-14-19(8-11-33-25)28-27(35-29(40-28)18-9-12-36(2)13-10-18)22-5-3-4-20(26(22)32)16-41(38,39)24-15-21(30)6-7-23(24)31/h3-8,11,14-15,18H,9-10,12-13,16H2,1-2H3,(H,33,34,37). The van der Waals surface area contributed by atoms with Gasteiger partial charge in [0.25, 0.3) is 0 Å². The summed E-state index contributed by atoms with van der Waals surface area (Å²) >= 11 is 1.42. The van der Waals surface area contributed by atoms with Crippen LogP contribution < -0.4 is 5.32 Å². The molecule has 7 nitrogen and oxygen atoms in total. The van der Waals surface area contributed by atoms with Crippen molar-refractivity contribution in [2.45, 2.75) is 36.3 Å². The van der Waals surface area contributed by atoms with Gasteiger partial charge < -0.3 is 10.2 Å². The van der Waals surface area contributed by atoms with Crippen molar-refractivity contribution in [1.82, 2.24) is 14.9 Å². The molecule has 5 rings (SSSR count). The lowest BCUT2D eigenvalue weighted by Gasteiger charge is -2.27. The smallest absolute Gasteiger partial charge is 0.222 e. The van der Waals surface area contributed by atoms with Gasteiger partial charge in [0.2, 0.25) is 5.91 Å². The van der Waals surface area contributed by atoms with Crippen molar-refractivity contribution in [3.8, 4) is 21.7 Å². The number of pyridine rings is 1. The number of carbonyl (C=O) groups is 1. The molecule has 2 aromatic carbocycles. The minimum absolute atomic E-state index is 0.0840. The van der Waals surface area contributed by atoms with Crippen molar-refractivity contribution in [1.29, 1.82) is 0 Å². The van der Waals surface area contributed by atoms with Gasteiger partial charge >= 0.3 is 0 Å². The summed E-state index contributed by atoms with van der Waals surface area (Å²) < 4.78 is 70.1. The molecular weight excluding hydrogens is 573 g/mol. The number of thiazole rings is 1. The van der Waals surface area contributed by atoms with Gasteiger partial charge in [-0.15, -0.1) is 11.3 Å². The van der Waals surface area contributed by atoms with Gasteiger partial charge in [0.15, 0.2) is 9.84 Å². The van der Waals surface area contributed by atoms with Gasteiger partial charge in [-0.25, -0.2) is 31.6 Å². The summed E-state index contributed by atoms with van der Waals surface area (Å²) in [5.74, 6) is -3.50. The van der Waals surface area contributed by atoms with Crippen LogP contribution in [0.15, 0.2) is 59.6 Å². The second kappa shape index (κ2) is 11.7. The number of hydrogen-bond acceptors (Lipinski definition) is 7. The van der Waals surface area contributed by atoms with E-state index in [9.17, 15) is 22.0 Å². The lowest BCUT2D eigenvalue weighted by molar-refractivity contribution is -0.114. The summed E-state index contributed by atoms with van der Waals surface area (Å²) in [7, 11) is -2.35. The number of piperidine rings is 1. The van der Waals surface area contributed by atoms with Gasteiger partial charge in [0.1, 0.15) is 28.2 Å². The van der Waals surface area contributed by atoms with Crippen LogP contribution in [0.25, 0.3) is 21.7 Å². The molecule has 0 bridgehead atoms. The van der Waals surface area contributed by atoms with Crippen molar-refractivity contribution in [2.24, 2.45) is 0 Å². The Bertz CT molecular complexity index is 1720. The first-order valence-electron chi connectivity index (χ1n) is 12.9. The Morgan fingerprint density at radius 2 is 1.85 bits per heavy atom. The maximum atomic E-state index is 16.1. The number of nitrogens with zero attached hydrogens (tertiary/aromatic N) is 3. The van der Waals surface area contributed by atoms with E-state index in [0.29, 0.717) is 28.0 Å². The van der Waals surface area contributed by atoms with Crippen LogP contribution >= 0.6 is 11.3 Å². The quantitative estimate of drug-likeness (QED) is 0.279. The average molecular weight is 601 g/mol. The van der Waals surface area contributed by atoms with Crippen LogP contribution in [0.4, 0.5) is 19.0 Å². The second-order valence-electron chi connectivity index (χ2n) is 10.0. The molecule has 1 N–H and O–H groups in total. The molecule has 0 aliphatic carbocycles. The van der Waals surface area contributed by atoms with E-state index < -0.39 is 37.9 Å². The predicted molar refractivity (Wildman–Crippen MR) is 152 cm³/mol. The molecule has 1 amide bonds. The number of aromatic nitrogens is 2. The van der Waals surface area contributed by atoms with Crippen molar-refractivity contribution < 1.29 is 26.4 Å². The lowest BCUT2D eigenvalue weighted by atomic mass is 9.98. The fourth-order valence-electron chi connectivity index (χ4n) is 4.84. The number of carbonyl (C=O) groups excluding carboxylic acids is 1. The van der Waals surface area contributed by atoms with Gasteiger partial charge in [-0.05, 0) is 74.9 Å². The van der Waals surface area contributed by atoms with Crippen LogP contribution in [0, 0.1) is 17.5 Å². The molecule has 1 aliphatic rings. The number of benzene rings is 2. The zero-order valence-corrected chi connectivity index (χ0v) is 24.0. The Labute approximate surface area is 240 Å². The Morgan fingerprint density at radius 3 is 2.59 bits per heavy atom. The number of likely N-dealkylation sites (tertiary alicyclic amines) is 1. The maximum absolute atomic E-state index is 16.1. The van der Waals surface area contributed by atoms with Crippen LogP contribution in [0.2, 0.25) is 0 Å². The maximum Gasteiger partial charge on any atom is 0.222 e. The summed E-state index contributed by atoms with van der Waals surface area (Å²) in [5.41, 5.74) is 0.882. The average Bonchev–Trinajstić information content (AvgIpc) is 3.36. The molecule has 0 spiro atoms. The SMILES string of the molecule is CC(=O)Nc1cc(-c2sc(C3CCN(C)CC3)nc2-c2cccc(CS(=O)(=O)c3cc(F)ccc3F)c2F)ccn1. The first-order chi connectivity index (χ1) is 19.5. The number of nitrogens with one attached hydrogen (secondary N) is 1. The molecule has 4 aromatic rings. The molecule has 0 unspecified atom stereocenters. The molecule has 1 fully saturated rings. The fourth-order valence-corrected chi connectivity index (χ4v) is 7.53. The van der Waals surface area contributed by atoms with Crippen LogP contribution in [-0.2, 0) is 20.4 Å². The third kappa shape index (κ3) is 6.34. The van der Waals surface area contributed by atoms with Gasteiger partial charge in [0.05, 0.1) is 21.3 Å². The van der Waals surface area contributed by atoms with Crippen molar-refractivity contribution >= 4 is 32.9 Å². The molecule has 41 heavy (non-hydrogen) atoms. The summed E-state index contributed by atoms with van der Waals surface area (Å²) in [6, 6.07) is 9.88. The van der Waals surface area contributed by atoms with Crippen LogP contribution in [0.1, 0.15) is 36.3 Å². The number of anilines is 1. The Kier molecular flexibility index (Phi) is 8.25. The third-order valence-electron chi connectivity index (χ3n) is 6.95. The Hall–Kier alpha value is -3.61. The predicted octanol–water partition coefficient (Wildman–Crippen LogP) is 6.03. The van der Waals surface area contributed by atoms with E-state index in [1.807, 2.05) is 0 Å². The molecule has 0 radical (unpaired) electrons. The molecule has 0 saturated carbocycles. The van der Waals surface area contributed by atoms with E-state index in [4.69, 9.17) is 4.98 Å². The van der Waals surface area contributed by atoms with Crippen LogP contribution in [-0.4, -0.2) is 49.3 Å². The highest BCUT2D eigenvalue weighted by molar-refractivity contribution is 7.90. The molecule has 0 atom stereocenters. The summed E-state index contributed by atoms with van der Waals surface area (Å²) in [4.78, 5) is 22.7. The van der Waals surface area contributed by atoms with E-state index in [2.05, 4.69) is 22.2 Å². The summed E-state index contributed by atoms with van der Waals surface area (Å²) in [6.07, 6.45) is 3.30. The van der Waals surface area contributed by atoms with E-state index in [-0.39, 0.29) is 23.0 Å². The van der Waals surface area contributed by atoms with Gasteiger partial charge in [0, 0.05) is 30.2 Å². The molecule has 1 saturated heterocycles. The van der Waals surface area contributed by atoms with Crippen molar-refractivity contribution in [3.63, 3.8) is 0 Å². The van der Waals surface area contributed by atoms with Gasteiger partial charge in [-0.3, -0.25) is 4.79 Å². The molecule has 214 valence electrons. The molecule has 1 aliphatic heterocycles. The molecular formula is C29H27F3N4O3S2. The zero-order chi connectivity index (χ0) is 29.3. The Morgan fingerprint density at radius 1 is 1.10 bits per heavy atom. The van der Waals surface area contributed by atoms with Gasteiger partial charge in [-0.2, -0.15) is 0 Å². The van der Waals surface area contributed by atoms with Crippen LogP contribution in [0.5, 0.6) is 0 Å². The first kappa shape index (κ1) is 28.9. The fraction of sp³-hybridized carbons (Fsp3) is 0.276. The Balaban J connectivity index is 1.59. The lowest BCUT2D eigenvalue weighted by Crippen LogP contribution is -2.29. The van der Waals surface area contributed by atoms with E-state index >= 15 is 4.39 Å². The number of halogens is 3. The number of amides is 1. The minimum atomic E-state index is -4.41. The molecule has 12 heteroatoms. The largest absolute Gasteiger partial charge is 0.311 e. The normalized spacial score (nSPS) is 14.8. The third-order valence-corrected chi connectivity index (χ3v) is 9.89. The topological polar surface area (TPSA) is 92.3 Å². The highest BCUT2D eigenvalue weighted by atomic mass is 32.2. The number of rotatable bonds is 7. The second-order valence-corrected chi connectivity index (χ2v) is 13.0. The summed E-state index contributed by atoms with van der Waals surface area (Å²) in [5, 5.41) is 3.48. The molecule has 2 aromatic heterocycles. The van der Waals surface area contributed by atoms with E-state index in [1.165, 1.54) is 42.7 Å². The van der Waals surface area contributed by atoms with Gasteiger partial charge in [-0.1, -0.05) is 12.1 Å². The zero-order valence-electron chi connectivity index (χ0n) is 22.3. The number of sulfone groups is 1. The van der Waals surface area contributed by atoms with E-state index in [1.54, 1.807) is 12.1 Å². The highest BCUT2D eigenvalue weighted by Crippen LogP contribution is 2.43. The van der Waals surface area contributed by atoms with Crippen molar-refractivity contribution in [2.75, 3.05) is 25.5 Å². The molecule has 3 heterocycles. The monoisotopic (exact) mass is 600 g/mol. The number of hydrogen-bond donors (Lipinski definition) is 1. The minimum Gasteiger partial charge on any atom is -0.311 e. The van der Waals surface area contributed by atoms with E-state index in [0.717, 1.165) is 43.1 Å². The summed E-state index contributed by atoms with van der Waals surface area (Å²) in [6.45, 7) is 3.17. The van der Waals surface area contributed by atoms with Crippen LogP contribution in [0.3, 0.4) is 0 Å². The van der Waals surface area contributed by atoms with Crippen molar-refractivity contribution in [3.05, 3.63) is 82.8 Å². The highest BCUT2D eigenvalue weighted by Gasteiger charge is 2.28.